The van der Waals surface area contributed by atoms with Gasteiger partial charge in [-0.1, -0.05) is 16.7 Å². The predicted molar refractivity (Wildman–Crippen MR) is 105 cm³/mol. The number of anilines is 3. The number of ether oxygens (including phenoxy) is 1. The van der Waals surface area contributed by atoms with Gasteiger partial charge in [0.15, 0.2) is 0 Å². The number of benzene rings is 2. The maximum absolute atomic E-state index is 12.9. The lowest BCUT2D eigenvalue weighted by Crippen LogP contribution is -2.29. The van der Waals surface area contributed by atoms with E-state index >= 15 is 0 Å². The Hall–Kier alpha value is -2.99. The highest BCUT2D eigenvalue weighted by molar-refractivity contribution is 7.92. The Labute approximate surface area is 179 Å². The van der Waals surface area contributed by atoms with Crippen molar-refractivity contribution in [3.8, 4) is 5.75 Å². The molecule has 0 saturated heterocycles. The molecular weight excluding hydrogens is 461 g/mol. The van der Waals surface area contributed by atoms with E-state index in [2.05, 4.69) is 14.9 Å². The summed E-state index contributed by atoms with van der Waals surface area (Å²) < 4.78 is 76.7. The van der Waals surface area contributed by atoms with Crippen LogP contribution < -0.4 is 14.4 Å². The number of sulfonamides is 1. The van der Waals surface area contributed by atoms with Crippen molar-refractivity contribution >= 4 is 39.0 Å². The third-order valence-electron chi connectivity index (χ3n) is 4.42. The Morgan fingerprint density at radius 1 is 1.13 bits per heavy atom. The maximum Gasteiger partial charge on any atom is 0.416 e. The Balaban J connectivity index is 1.66. The number of halogens is 4. The summed E-state index contributed by atoms with van der Waals surface area (Å²) in [4.78, 5) is 1.54. The van der Waals surface area contributed by atoms with Gasteiger partial charge in [0.1, 0.15) is 12.4 Å². The van der Waals surface area contributed by atoms with Gasteiger partial charge in [0, 0.05) is 13.0 Å². The first-order valence-electron chi connectivity index (χ1n) is 8.79. The Morgan fingerprint density at radius 3 is 2.52 bits per heavy atom. The smallest absolute Gasteiger partial charge is 0.416 e. The second-order valence-corrected chi connectivity index (χ2v) is 8.61. The van der Waals surface area contributed by atoms with Gasteiger partial charge in [0.05, 0.1) is 33.4 Å². The summed E-state index contributed by atoms with van der Waals surface area (Å²) >= 11 is 6.12. The minimum absolute atomic E-state index is 0.0900. The molecule has 3 aromatic rings. The fourth-order valence-electron chi connectivity index (χ4n) is 3.03. The quantitative estimate of drug-likeness (QED) is 0.599. The number of alkyl halides is 3. The van der Waals surface area contributed by atoms with Gasteiger partial charge in [-0.25, -0.2) is 13.1 Å². The van der Waals surface area contributed by atoms with E-state index in [1.54, 1.807) is 4.90 Å². The largest absolute Gasteiger partial charge is 0.489 e. The van der Waals surface area contributed by atoms with E-state index in [1.165, 1.54) is 31.2 Å². The van der Waals surface area contributed by atoms with Gasteiger partial charge in [-0.3, -0.25) is 0 Å². The molecule has 0 atom stereocenters. The fourth-order valence-corrected chi connectivity index (χ4v) is 4.25. The standard InChI is InChI=1S/C18H14ClF3N4O4S/c1-10-23-24-17(30-10)25-31(27,28)12-3-5-15-16(9-12)29-7-6-26(15)14-4-2-11(8-13(14)19)18(20,21)22/h2-5,8-9H,6-7H2,1H3,(H,24,25). The molecule has 0 spiro atoms. The Morgan fingerprint density at radius 2 is 1.87 bits per heavy atom. The van der Waals surface area contributed by atoms with Crippen LogP contribution in [0.2, 0.25) is 5.02 Å². The van der Waals surface area contributed by atoms with Crippen molar-refractivity contribution in [3.63, 3.8) is 0 Å². The van der Waals surface area contributed by atoms with Crippen LogP contribution in [0.4, 0.5) is 30.6 Å². The third kappa shape index (κ3) is 4.26. The predicted octanol–water partition coefficient (Wildman–Crippen LogP) is 4.38. The van der Waals surface area contributed by atoms with Gasteiger partial charge in [-0.15, -0.1) is 5.10 Å². The first-order valence-corrected chi connectivity index (χ1v) is 10.6. The van der Waals surface area contributed by atoms with Crippen molar-refractivity contribution in [1.29, 1.82) is 0 Å². The second kappa shape index (κ2) is 7.61. The van der Waals surface area contributed by atoms with Crippen LogP contribution in [0.15, 0.2) is 45.7 Å². The van der Waals surface area contributed by atoms with Crippen LogP contribution in [0.3, 0.4) is 0 Å². The summed E-state index contributed by atoms with van der Waals surface area (Å²) in [6.07, 6.45) is -4.52. The summed E-state index contributed by atoms with van der Waals surface area (Å²) in [5, 5.41) is 7.05. The Bertz CT molecular complexity index is 1250. The molecule has 0 saturated carbocycles. The van der Waals surface area contributed by atoms with E-state index < -0.39 is 21.8 Å². The summed E-state index contributed by atoms with van der Waals surface area (Å²) in [5.41, 5.74) is -0.0618. The van der Waals surface area contributed by atoms with Crippen LogP contribution in [0.25, 0.3) is 0 Å². The number of nitrogens with zero attached hydrogens (tertiary/aromatic N) is 3. The van der Waals surface area contributed by atoms with Gasteiger partial charge >= 0.3 is 12.2 Å². The molecule has 1 aliphatic heterocycles. The molecule has 0 bridgehead atoms. The number of aromatic nitrogens is 2. The molecule has 0 fully saturated rings. The van der Waals surface area contributed by atoms with E-state index in [9.17, 15) is 21.6 Å². The maximum atomic E-state index is 12.9. The van der Waals surface area contributed by atoms with Gasteiger partial charge in [0.25, 0.3) is 10.0 Å². The average molecular weight is 475 g/mol. The molecule has 31 heavy (non-hydrogen) atoms. The number of hydrogen-bond donors (Lipinski definition) is 1. The second-order valence-electron chi connectivity index (χ2n) is 6.53. The zero-order valence-electron chi connectivity index (χ0n) is 15.8. The summed E-state index contributed by atoms with van der Waals surface area (Å²) in [5.74, 6) is 0.419. The summed E-state index contributed by atoms with van der Waals surface area (Å²) in [7, 11) is -4.04. The van der Waals surface area contributed by atoms with Crippen molar-refractivity contribution in [2.75, 3.05) is 22.8 Å². The monoisotopic (exact) mass is 474 g/mol. The molecule has 2 heterocycles. The highest BCUT2D eigenvalue weighted by Crippen LogP contribution is 2.42. The lowest BCUT2D eigenvalue weighted by atomic mass is 10.1. The lowest BCUT2D eigenvalue weighted by molar-refractivity contribution is -0.137. The molecular formula is C18H14ClF3N4O4S. The van der Waals surface area contributed by atoms with Crippen LogP contribution in [-0.2, 0) is 16.2 Å². The molecule has 0 amide bonds. The number of hydrogen-bond acceptors (Lipinski definition) is 7. The van der Waals surface area contributed by atoms with Crippen LogP contribution in [-0.4, -0.2) is 31.8 Å². The lowest BCUT2D eigenvalue weighted by Gasteiger charge is -2.32. The van der Waals surface area contributed by atoms with Crippen molar-refractivity contribution in [2.45, 2.75) is 18.0 Å². The molecule has 164 valence electrons. The third-order valence-corrected chi connectivity index (χ3v) is 6.04. The minimum Gasteiger partial charge on any atom is -0.489 e. The number of rotatable bonds is 4. The molecule has 2 aromatic carbocycles. The SMILES string of the molecule is Cc1nnc(NS(=O)(=O)c2ccc3c(c2)OCCN3c2ccc(C(F)(F)F)cc2Cl)o1. The number of nitrogens with one attached hydrogen (secondary N) is 1. The topological polar surface area (TPSA) is 97.6 Å². The van der Waals surface area contributed by atoms with Gasteiger partial charge in [-0.05, 0) is 30.3 Å². The zero-order chi connectivity index (χ0) is 22.4. The molecule has 0 aliphatic carbocycles. The molecule has 1 aliphatic rings. The van der Waals surface area contributed by atoms with E-state index in [4.69, 9.17) is 20.8 Å². The van der Waals surface area contributed by atoms with Crippen molar-refractivity contribution in [3.05, 3.63) is 52.9 Å². The average Bonchev–Trinajstić information content (AvgIpc) is 3.10. The molecule has 1 N–H and O–H groups in total. The molecule has 8 nitrogen and oxygen atoms in total. The van der Waals surface area contributed by atoms with Crippen LogP contribution in [0.5, 0.6) is 5.75 Å². The van der Waals surface area contributed by atoms with Crippen molar-refractivity contribution < 1.29 is 30.7 Å². The molecule has 13 heteroatoms. The van der Waals surface area contributed by atoms with Crippen LogP contribution in [0.1, 0.15) is 11.5 Å². The van der Waals surface area contributed by atoms with Crippen molar-refractivity contribution in [2.24, 2.45) is 0 Å². The first-order chi connectivity index (χ1) is 14.5. The zero-order valence-corrected chi connectivity index (χ0v) is 17.3. The minimum atomic E-state index is -4.52. The van der Waals surface area contributed by atoms with Gasteiger partial charge in [-0.2, -0.15) is 13.2 Å². The van der Waals surface area contributed by atoms with Gasteiger partial charge in [0.2, 0.25) is 5.89 Å². The van der Waals surface area contributed by atoms with E-state index in [1.807, 2.05) is 0 Å². The summed E-state index contributed by atoms with van der Waals surface area (Å²) in [6, 6.07) is 6.87. The normalized spacial score (nSPS) is 14.2. The van der Waals surface area contributed by atoms with Gasteiger partial charge < -0.3 is 14.1 Å². The summed E-state index contributed by atoms with van der Waals surface area (Å²) in [6.45, 7) is 1.99. The number of fused-ring (bicyclic) bond motifs is 1. The molecule has 0 unspecified atom stereocenters. The van der Waals surface area contributed by atoms with E-state index in [0.29, 0.717) is 17.9 Å². The van der Waals surface area contributed by atoms with Crippen molar-refractivity contribution in [1.82, 2.24) is 10.2 Å². The highest BCUT2D eigenvalue weighted by atomic mass is 35.5. The molecule has 4 rings (SSSR count). The highest BCUT2D eigenvalue weighted by Gasteiger charge is 2.32. The van der Waals surface area contributed by atoms with E-state index in [-0.39, 0.29) is 34.2 Å². The number of aryl methyl sites for hydroxylation is 1. The van der Waals surface area contributed by atoms with Crippen LogP contribution >= 0.6 is 11.6 Å². The molecule has 1 aromatic heterocycles. The first kappa shape index (κ1) is 21.2. The van der Waals surface area contributed by atoms with Crippen LogP contribution in [0, 0.1) is 6.92 Å². The van der Waals surface area contributed by atoms with E-state index in [0.717, 1.165) is 12.1 Å². The fraction of sp³-hybridized carbons (Fsp3) is 0.222. The Kier molecular flexibility index (Phi) is 5.21. The molecule has 0 radical (unpaired) electrons.